The molecule has 0 unspecified atom stereocenters. The molecule has 1 aliphatic rings. The Morgan fingerprint density at radius 2 is 1.89 bits per heavy atom. The van der Waals surface area contributed by atoms with E-state index in [2.05, 4.69) is 0 Å². The fraction of sp³-hybridized carbons (Fsp3) is 0.462. The number of hydrogen-bond acceptors (Lipinski definition) is 4. The summed E-state index contributed by atoms with van der Waals surface area (Å²) in [6.45, 7) is 1.13. The molecule has 0 aliphatic carbocycles. The van der Waals surface area contributed by atoms with Gasteiger partial charge in [0.25, 0.3) is 10.1 Å². The molecule has 19 heavy (non-hydrogen) atoms. The Morgan fingerprint density at radius 1 is 1.26 bits per heavy atom. The molecule has 0 aromatic heterocycles. The Bertz CT molecular complexity index is 558. The molecule has 5 nitrogen and oxygen atoms in total. The lowest BCUT2D eigenvalue weighted by molar-refractivity contribution is -0.125. The van der Waals surface area contributed by atoms with E-state index in [-0.39, 0.29) is 23.0 Å². The lowest BCUT2D eigenvalue weighted by atomic mass is 9.91. The molecular weight excluding hydrogens is 268 g/mol. The summed E-state index contributed by atoms with van der Waals surface area (Å²) in [5.41, 5.74) is 0.349. The highest BCUT2D eigenvalue weighted by Gasteiger charge is 2.24. The molecule has 104 valence electrons. The van der Waals surface area contributed by atoms with Crippen LogP contribution in [0.15, 0.2) is 29.2 Å². The Labute approximate surface area is 112 Å². The highest BCUT2D eigenvalue weighted by atomic mass is 32.2. The normalized spacial score (nSPS) is 17.3. The van der Waals surface area contributed by atoms with Gasteiger partial charge in [-0.05, 0) is 24.5 Å². The third-order valence-electron chi connectivity index (χ3n) is 3.29. The Hall–Kier alpha value is -1.24. The molecule has 0 atom stereocenters. The first kappa shape index (κ1) is 14.2. The summed E-state index contributed by atoms with van der Waals surface area (Å²) in [4.78, 5) is 11.9. The highest BCUT2D eigenvalue weighted by molar-refractivity contribution is 7.85. The second-order valence-corrected chi connectivity index (χ2v) is 6.00. The predicted octanol–water partition coefficient (Wildman–Crippen LogP) is 1.47. The fourth-order valence-electron chi connectivity index (χ4n) is 2.25. The summed E-state index contributed by atoms with van der Waals surface area (Å²) in [7, 11) is -4.29. The zero-order chi connectivity index (χ0) is 13.9. The minimum Gasteiger partial charge on any atom is -0.381 e. The maximum absolute atomic E-state index is 12.1. The summed E-state index contributed by atoms with van der Waals surface area (Å²) in [5, 5.41) is 0. The van der Waals surface area contributed by atoms with Gasteiger partial charge in [0.15, 0.2) is 0 Å². The van der Waals surface area contributed by atoms with Crippen molar-refractivity contribution < 1.29 is 22.5 Å². The third kappa shape index (κ3) is 3.62. The van der Waals surface area contributed by atoms with Crippen molar-refractivity contribution >= 4 is 15.9 Å². The van der Waals surface area contributed by atoms with Crippen molar-refractivity contribution in [3.05, 3.63) is 29.8 Å². The first-order valence-corrected chi connectivity index (χ1v) is 7.58. The number of Topliss-reactive ketones (excluding diaryl/α,β-unsaturated/α-hetero) is 1. The van der Waals surface area contributed by atoms with Crippen LogP contribution in [0.1, 0.15) is 18.4 Å². The van der Waals surface area contributed by atoms with Gasteiger partial charge in [-0.15, -0.1) is 0 Å². The molecule has 0 saturated carbocycles. The molecule has 1 fully saturated rings. The van der Waals surface area contributed by atoms with Crippen LogP contribution in [0.2, 0.25) is 0 Å². The summed E-state index contributed by atoms with van der Waals surface area (Å²) in [6.07, 6.45) is 1.38. The molecule has 0 radical (unpaired) electrons. The molecular formula is C13H16O5S. The van der Waals surface area contributed by atoms with Crippen LogP contribution in [-0.4, -0.2) is 32.0 Å². The first-order valence-electron chi connectivity index (χ1n) is 6.14. The van der Waals surface area contributed by atoms with Crippen molar-refractivity contribution in [3.8, 4) is 0 Å². The van der Waals surface area contributed by atoms with E-state index in [1.54, 1.807) is 12.1 Å². The number of ketones is 1. The van der Waals surface area contributed by atoms with E-state index in [9.17, 15) is 13.2 Å². The average molecular weight is 284 g/mol. The predicted molar refractivity (Wildman–Crippen MR) is 68.5 cm³/mol. The van der Waals surface area contributed by atoms with E-state index < -0.39 is 10.1 Å². The van der Waals surface area contributed by atoms with Crippen molar-refractivity contribution in [1.29, 1.82) is 0 Å². The van der Waals surface area contributed by atoms with E-state index in [1.165, 1.54) is 12.1 Å². The third-order valence-corrected chi connectivity index (χ3v) is 4.25. The molecule has 1 N–H and O–H groups in total. The van der Waals surface area contributed by atoms with Gasteiger partial charge in [-0.2, -0.15) is 8.42 Å². The molecule has 2 rings (SSSR count). The van der Waals surface area contributed by atoms with Crippen LogP contribution in [0.25, 0.3) is 0 Å². The summed E-state index contributed by atoms with van der Waals surface area (Å²) >= 11 is 0. The van der Waals surface area contributed by atoms with Gasteiger partial charge in [-0.3, -0.25) is 9.35 Å². The SMILES string of the molecule is O=C(Cc1ccccc1S(=O)(=O)O)C1CCOCC1. The van der Waals surface area contributed by atoms with Crippen LogP contribution in [0.3, 0.4) is 0 Å². The van der Waals surface area contributed by atoms with Crippen molar-refractivity contribution in [2.45, 2.75) is 24.2 Å². The molecule has 0 spiro atoms. The monoisotopic (exact) mass is 284 g/mol. The standard InChI is InChI=1S/C13H16O5S/c14-12(10-5-7-18-8-6-10)9-11-3-1-2-4-13(11)19(15,16)17/h1-4,10H,5-9H2,(H,15,16,17). The van der Waals surface area contributed by atoms with E-state index in [1.807, 2.05) is 0 Å². The van der Waals surface area contributed by atoms with Crippen molar-refractivity contribution in [1.82, 2.24) is 0 Å². The van der Waals surface area contributed by atoms with E-state index in [4.69, 9.17) is 9.29 Å². The molecule has 1 heterocycles. The minimum absolute atomic E-state index is 0.000556. The number of hydrogen-bond donors (Lipinski definition) is 1. The number of carbonyl (C=O) groups excluding carboxylic acids is 1. The number of carbonyl (C=O) groups is 1. The van der Waals surface area contributed by atoms with Gasteiger partial charge >= 0.3 is 0 Å². The largest absolute Gasteiger partial charge is 0.381 e. The first-order chi connectivity index (χ1) is 8.98. The molecule has 1 aliphatic heterocycles. The zero-order valence-corrected chi connectivity index (χ0v) is 11.2. The lowest BCUT2D eigenvalue weighted by Crippen LogP contribution is -2.25. The summed E-state index contributed by atoms with van der Waals surface area (Å²) < 4.78 is 36.8. The topological polar surface area (TPSA) is 80.7 Å². The molecule has 6 heteroatoms. The van der Waals surface area contributed by atoms with Crippen LogP contribution < -0.4 is 0 Å². The van der Waals surface area contributed by atoms with Gasteiger partial charge in [0, 0.05) is 25.6 Å². The smallest absolute Gasteiger partial charge is 0.294 e. The quantitative estimate of drug-likeness (QED) is 0.847. The number of rotatable bonds is 4. The van der Waals surface area contributed by atoms with Gasteiger partial charge < -0.3 is 4.74 Å². The van der Waals surface area contributed by atoms with Crippen LogP contribution in [0, 0.1) is 5.92 Å². The Morgan fingerprint density at radius 3 is 2.53 bits per heavy atom. The Balaban J connectivity index is 2.17. The minimum atomic E-state index is -4.29. The highest BCUT2D eigenvalue weighted by Crippen LogP contribution is 2.21. The van der Waals surface area contributed by atoms with Crippen LogP contribution >= 0.6 is 0 Å². The summed E-state index contributed by atoms with van der Waals surface area (Å²) in [5.74, 6) is -0.0809. The van der Waals surface area contributed by atoms with Gasteiger partial charge in [-0.25, -0.2) is 0 Å². The number of ether oxygens (including phenoxy) is 1. The van der Waals surface area contributed by atoms with Crippen LogP contribution in [-0.2, 0) is 26.1 Å². The van der Waals surface area contributed by atoms with E-state index in [0.29, 0.717) is 31.6 Å². The lowest BCUT2D eigenvalue weighted by Gasteiger charge is -2.21. The number of benzene rings is 1. The van der Waals surface area contributed by atoms with Gasteiger partial charge in [-0.1, -0.05) is 18.2 Å². The average Bonchev–Trinajstić information content (AvgIpc) is 2.39. The second kappa shape index (κ2) is 5.81. The fourth-order valence-corrected chi connectivity index (χ4v) is 2.98. The molecule has 0 bridgehead atoms. The molecule has 1 aromatic rings. The second-order valence-electron chi connectivity index (χ2n) is 4.61. The molecule has 1 aromatic carbocycles. The molecule has 1 saturated heterocycles. The Kier molecular flexibility index (Phi) is 4.34. The summed E-state index contributed by atoms with van der Waals surface area (Å²) in [6, 6.07) is 6.04. The van der Waals surface area contributed by atoms with Crippen molar-refractivity contribution in [2.75, 3.05) is 13.2 Å². The van der Waals surface area contributed by atoms with E-state index in [0.717, 1.165) is 0 Å². The van der Waals surface area contributed by atoms with Gasteiger partial charge in [0.1, 0.15) is 5.78 Å². The van der Waals surface area contributed by atoms with Crippen LogP contribution in [0.4, 0.5) is 0 Å². The molecule has 0 amide bonds. The van der Waals surface area contributed by atoms with Crippen molar-refractivity contribution in [2.24, 2.45) is 5.92 Å². The van der Waals surface area contributed by atoms with Crippen molar-refractivity contribution in [3.63, 3.8) is 0 Å². The van der Waals surface area contributed by atoms with Gasteiger partial charge in [0.2, 0.25) is 0 Å². The van der Waals surface area contributed by atoms with Crippen LogP contribution in [0.5, 0.6) is 0 Å². The maximum Gasteiger partial charge on any atom is 0.294 e. The zero-order valence-electron chi connectivity index (χ0n) is 10.4. The maximum atomic E-state index is 12.1. The van der Waals surface area contributed by atoms with Gasteiger partial charge in [0.05, 0.1) is 4.90 Å². The van der Waals surface area contributed by atoms with E-state index >= 15 is 0 Å².